The number of ether oxygens (including phenoxy) is 2. The van der Waals surface area contributed by atoms with E-state index in [1.807, 2.05) is 66.7 Å². The zero-order valence-electron chi connectivity index (χ0n) is 25.3. The fourth-order valence-electron chi connectivity index (χ4n) is 4.61. The molecule has 0 unspecified atom stereocenters. The van der Waals surface area contributed by atoms with Gasteiger partial charge in [-0.2, -0.15) is 10.1 Å². The van der Waals surface area contributed by atoms with Crippen LogP contribution in [0.4, 0.5) is 27.9 Å². The molecular formula is C33H32N8O3Si. The van der Waals surface area contributed by atoms with Gasteiger partial charge >= 0.3 is 6.03 Å². The number of nitrogens with zero attached hydrogens (tertiary/aromatic N) is 5. The molecule has 0 atom stereocenters. The molecule has 3 heterocycles. The Labute approximate surface area is 261 Å². The highest BCUT2D eigenvalue weighted by Gasteiger charge is 2.24. The van der Waals surface area contributed by atoms with E-state index in [-0.39, 0.29) is 0 Å². The van der Waals surface area contributed by atoms with Crippen LogP contribution in [-0.4, -0.2) is 45.9 Å². The second kappa shape index (κ2) is 12.5. The summed E-state index contributed by atoms with van der Waals surface area (Å²) in [6.07, 6.45) is 3.30. The fourth-order valence-corrected chi connectivity index (χ4v) is 5.58. The van der Waals surface area contributed by atoms with Crippen molar-refractivity contribution in [2.75, 3.05) is 23.1 Å². The minimum atomic E-state index is -1.79. The van der Waals surface area contributed by atoms with Gasteiger partial charge in [0.15, 0.2) is 0 Å². The first-order chi connectivity index (χ1) is 21.8. The number of nitrogens with one attached hydrogen (secondary N) is 3. The van der Waals surface area contributed by atoms with Gasteiger partial charge in [-0.3, -0.25) is 5.32 Å². The van der Waals surface area contributed by atoms with Gasteiger partial charge in [0, 0.05) is 40.1 Å². The third-order valence-electron chi connectivity index (χ3n) is 6.90. The Hall–Kier alpha value is -5.75. The number of carbonyl (C=O) groups is 1. The molecule has 226 valence electrons. The number of fused-ring (bicyclic) bond motifs is 1. The number of urea groups is 1. The highest BCUT2D eigenvalue weighted by molar-refractivity contribution is 6.88. The smallest absolute Gasteiger partial charge is 0.324 e. The number of methoxy groups -OCH3 is 1. The molecule has 3 N–H and O–H groups in total. The van der Waals surface area contributed by atoms with E-state index in [1.54, 1.807) is 48.5 Å². The SMILES string of the molecule is COc1ccc(-n2nc([Si](C)(C)C)cc2NC(=O)Nc2ccc(Oc3ccnc(Nc4ccccc4)n3)c3ccccc23)cn1. The molecule has 0 saturated carbocycles. The minimum absolute atomic E-state index is 0.381. The maximum atomic E-state index is 13.4. The molecule has 3 aromatic heterocycles. The number of pyridine rings is 1. The van der Waals surface area contributed by atoms with Gasteiger partial charge in [0.1, 0.15) is 19.6 Å². The molecule has 0 radical (unpaired) electrons. The van der Waals surface area contributed by atoms with Crippen LogP contribution in [-0.2, 0) is 0 Å². The lowest BCUT2D eigenvalue weighted by Gasteiger charge is -2.14. The predicted molar refractivity (Wildman–Crippen MR) is 179 cm³/mol. The summed E-state index contributed by atoms with van der Waals surface area (Å²) in [6.45, 7) is 6.61. The molecule has 0 bridgehead atoms. The number of aromatic nitrogens is 5. The Morgan fingerprint density at radius 2 is 1.60 bits per heavy atom. The highest BCUT2D eigenvalue weighted by atomic mass is 28.3. The van der Waals surface area contributed by atoms with Gasteiger partial charge in [-0.05, 0) is 36.4 Å². The summed E-state index contributed by atoms with van der Waals surface area (Å²) in [6, 6.07) is 27.8. The number of benzene rings is 3. The highest BCUT2D eigenvalue weighted by Crippen LogP contribution is 2.34. The number of para-hydroxylation sites is 1. The minimum Gasteiger partial charge on any atom is -0.481 e. The topological polar surface area (TPSA) is 128 Å². The molecule has 6 aromatic rings. The van der Waals surface area contributed by atoms with E-state index < -0.39 is 14.1 Å². The van der Waals surface area contributed by atoms with Gasteiger partial charge in [-0.15, -0.1) is 0 Å². The van der Waals surface area contributed by atoms with Gasteiger partial charge in [0.2, 0.25) is 17.7 Å². The lowest BCUT2D eigenvalue weighted by atomic mass is 10.1. The van der Waals surface area contributed by atoms with Gasteiger partial charge in [-0.1, -0.05) is 62.1 Å². The third kappa shape index (κ3) is 6.76. The first-order valence-electron chi connectivity index (χ1n) is 14.3. The number of hydrogen-bond donors (Lipinski definition) is 3. The number of anilines is 4. The van der Waals surface area contributed by atoms with E-state index in [4.69, 9.17) is 14.6 Å². The maximum Gasteiger partial charge on any atom is 0.324 e. The quantitative estimate of drug-likeness (QED) is 0.149. The van der Waals surface area contributed by atoms with Crippen LogP contribution in [0.1, 0.15) is 0 Å². The molecule has 0 fully saturated rings. The molecule has 2 amide bonds. The van der Waals surface area contributed by atoms with Crippen molar-refractivity contribution < 1.29 is 14.3 Å². The van der Waals surface area contributed by atoms with Crippen LogP contribution in [0.15, 0.2) is 103 Å². The van der Waals surface area contributed by atoms with E-state index >= 15 is 0 Å². The molecule has 12 heteroatoms. The summed E-state index contributed by atoms with van der Waals surface area (Å²) >= 11 is 0. The molecule has 0 aliphatic heterocycles. The number of amides is 2. The van der Waals surface area contributed by atoms with E-state index in [1.165, 1.54) is 0 Å². The van der Waals surface area contributed by atoms with Crippen LogP contribution in [0.3, 0.4) is 0 Å². The van der Waals surface area contributed by atoms with Crippen molar-refractivity contribution >= 4 is 53.3 Å². The lowest BCUT2D eigenvalue weighted by Crippen LogP contribution is -2.39. The van der Waals surface area contributed by atoms with E-state index in [9.17, 15) is 4.79 Å². The molecule has 0 aliphatic carbocycles. The monoisotopic (exact) mass is 616 g/mol. The standard InChI is InChI=1S/C33H32N8O3Si/c1-43-29-17-14-23(21-35-29)41-28(20-31(40-41)45(2,3)4)38-33(42)37-26-15-16-27(25-13-9-8-12-24(25)26)44-30-18-19-34-32(39-30)36-22-10-6-5-7-11-22/h5-21H,1-4H3,(H,34,36,39)(H2,37,38,42). The zero-order chi connectivity index (χ0) is 31.4. The molecule has 0 aliphatic rings. The molecule has 0 spiro atoms. The Kier molecular flexibility index (Phi) is 8.12. The summed E-state index contributed by atoms with van der Waals surface area (Å²) in [7, 11) is -0.229. The van der Waals surface area contributed by atoms with Gasteiger partial charge in [-0.25, -0.2) is 19.4 Å². The van der Waals surface area contributed by atoms with E-state index in [0.29, 0.717) is 40.7 Å². The van der Waals surface area contributed by atoms with Crippen LogP contribution < -0.4 is 30.7 Å². The van der Waals surface area contributed by atoms with Crippen molar-refractivity contribution in [2.24, 2.45) is 0 Å². The van der Waals surface area contributed by atoms with Gasteiger partial charge in [0.05, 0.1) is 24.7 Å². The Morgan fingerprint density at radius 3 is 2.33 bits per heavy atom. The second-order valence-electron chi connectivity index (χ2n) is 11.2. The summed E-state index contributed by atoms with van der Waals surface area (Å²) in [5.74, 6) is 2.41. The van der Waals surface area contributed by atoms with Crippen LogP contribution in [0, 0.1) is 0 Å². The molecule has 0 saturated heterocycles. The molecule has 45 heavy (non-hydrogen) atoms. The Morgan fingerprint density at radius 1 is 0.822 bits per heavy atom. The Balaban J connectivity index is 1.23. The van der Waals surface area contributed by atoms with Crippen LogP contribution in [0.5, 0.6) is 17.5 Å². The van der Waals surface area contributed by atoms with Crippen LogP contribution in [0.25, 0.3) is 16.5 Å². The second-order valence-corrected chi connectivity index (χ2v) is 16.2. The van der Waals surface area contributed by atoms with E-state index in [0.717, 1.165) is 21.8 Å². The molecular weight excluding hydrogens is 585 g/mol. The number of hydrogen-bond acceptors (Lipinski definition) is 8. The van der Waals surface area contributed by atoms with E-state index in [2.05, 4.69) is 50.5 Å². The first kappa shape index (κ1) is 29.3. The summed E-state index contributed by atoms with van der Waals surface area (Å²) in [5, 5.41) is 16.5. The van der Waals surface area contributed by atoms with Crippen molar-refractivity contribution in [1.82, 2.24) is 24.7 Å². The first-order valence-corrected chi connectivity index (χ1v) is 17.8. The van der Waals surface area contributed by atoms with Crippen LogP contribution in [0.2, 0.25) is 19.6 Å². The lowest BCUT2D eigenvalue weighted by molar-refractivity contribution is 0.262. The summed E-state index contributed by atoms with van der Waals surface area (Å²) in [4.78, 5) is 26.5. The van der Waals surface area contributed by atoms with Crippen molar-refractivity contribution in [3.05, 3.63) is 103 Å². The third-order valence-corrected chi connectivity index (χ3v) is 8.68. The van der Waals surface area contributed by atoms with Crippen LogP contribution >= 0.6 is 0 Å². The van der Waals surface area contributed by atoms with Crippen molar-refractivity contribution in [3.63, 3.8) is 0 Å². The van der Waals surface area contributed by atoms with Gasteiger partial charge in [0.25, 0.3) is 0 Å². The Bertz CT molecular complexity index is 1960. The zero-order valence-corrected chi connectivity index (χ0v) is 26.3. The average Bonchev–Trinajstić information content (AvgIpc) is 3.47. The molecule has 11 nitrogen and oxygen atoms in total. The molecule has 6 rings (SSSR count). The van der Waals surface area contributed by atoms with Crippen molar-refractivity contribution in [3.8, 4) is 23.2 Å². The predicted octanol–water partition coefficient (Wildman–Crippen LogP) is 6.94. The average molecular weight is 617 g/mol. The summed E-state index contributed by atoms with van der Waals surface area (Å²) < 4.78 is 13.1. The molecule has 3 aromatic carbocycles. The maximum absolute atomic E-state index is 13.4. The summed E-state index contributed by atoms with van der Waals surface area (Å²) in [5.41, 5.74) is 2.19. The van der Waals surface area contributed by atoms with Crippen molar-refractivity contribution in [1.29, 1.82) is 0 Å². The number of carbonyl (C=O) groups excluding carboxylic acids is 1. The van der Waals surface area contributed by atoms with Crippen molar-refractivity contribution in [2.45, 2.75) is 19.6 Å². The fraction of sp³-hybridized carbons (Fsp3) is 0.121. The number of rotatable bonds is 9. The largest absolute Gasteiger partial charge is 0.481 e. The van der Waals surface area contributed by atoms with Gasteiger partial charge < -0.3 is 20.1 Å². The normalized spacial score (nSPS) is 11.2.